The molecule has 1 fully saturated rings. The third kappa shape index (κ3) is 2.11. The number of hydrogen-bond donors (Lipinski definition) is 0. The van der Waals surface area contributed by atoms with Crippen molar-refractivity contribution in [2.75, 3.05) is 18.6 Å². The van der Waals surface area contributed by atoms with Gasteiger partial charge in [-0.1, -0.05) is 11.6 Å². The summed E-state index contributed by atoms with van der Waals surface area (Å²) in [4.78, 5) is 17.7. The molecule has 1 aromatic rings. The van der Waals surface area contributed by atoms with Gasteiger partial charge in [0.15, 0.2) is 0 Å². The van der Waals surface area contributed by atoms with E-state index in [0.717, 1.165) is 25.2 Å². The van der Waals surface area contributed by atoms with E-state index in [1.165, 1.54) is 7.11 Å². The van der Waals surface area contributed by atoms with Crippen molar-refractivity contribution < 1.29 is 9.53 Å². The van der Waals surface area contributed by atoms with Crippen LogP contribution in [0.4, 0.5) is 5.82 Å². The lowest BCUT2D eigenvalue weighted by molar-refractivity contribution is -0.141. The summed E-state index contributed by atoms with van der Waals surface area (Å²) < 4.78 is 4.78. The molecule has 0 radical (unpaired) electrons. The van der Waals surface area contributed by atoms with Gasteiger partial charge in [0.05, 0.1) is 12.1 Å². The number of aromatic nitrogens is 1. The van der Waals surface area contributed by atoms with Gasteiger partial charge in [0.25, 0.3) is 0 Å². The summed E-state index contributed by atoms with van der Waals surface area (Å²) >= 11 is 5.77. The van der Waals surface area contributed by atoms with Crippen LogP contribution in [0.1, 0.15) is 12.8 Å². The fraction of sp³-hybridized carbons (Fsp3) is 0.455. The Balaban J connectivity index is 2.19. The van der Waals surface area contributed by atoms with Crippen LogP contribution in [-0.2, 0) is 9.53 Å². The third-order valence-corrected chi connectivity index (χ3v) is 2.96. The molecule has 16 heavy (non-hydrogen) atoms. The van der Waals surface area contributed by atoms with Gasteiger partial charge in [-0.05, 0) is 25.0 Å². The summed E-state index contributed by atoms with van der Waals surface area (Å²) in [7, 11) is 1.41. The highest BCUT2D eigenvalue weighted by atomic mass is 35.5. The molecule has 1 unspecified atom stereocenters. The van der Waals surface area contributed by atoms with Gasteiger partial charge in [0.2, 0.25) is 0 Å². The maximum absolute atomic E-state index is 11.5. The number of pyridine rings is 1. The maximum atomic E-state index is 11.5. The fourth-order valence-electron chi connectivity index (χ4n) is 1.96. The molecule has 86 valence electrons. The molecule has 0 bridgehead atoms. The Labute approximate surface area is 99.2 Å². The first-order valence-corrected chi connectivity index (χ1v) is 5.56. The summed E-state index contributed by atoms with van der Waals surface area (Å²) in [6.45, 7) is 0.828. The second kappa shape index (κ2) is 4.70. The molecule has 0 spiro atoms. The second-order valence-corrected chi connectivity index (χ2v) is 4.15. The predicted molar refractivity (Wildman–Crippen MR) is 61.6 cm³/mol. The first kappa shape index (κ1) is 11.2. The van der Waals surface area contributed by atoms with Crippen molar-refractivity contribution in [3.8, 4) is 0 Å². The molecule has 1 aliphatic rings. The van der Waals surface area contributed by atoms with E-state index >= 15 is 0 Å². The molecule has 2 heterocycles. The van der Waals surface area contributed by atoms with Gasteiger partial charge in [-0.2, -0.15) is 0 Å². The van der Waals surface area contributed by atoms with Crippen molar-refractivity contribution in [3.63, 3.8) is 0 Å². The van der Waals surface area contributed by atoms with Crippen molar-refractivity contribution in [2.24, 2.45) is 0 Å². The Morgan fingerprint density at radius 1 is 1.62 bits per heavy atom. The lowest BCUT2D eigenvalue weighted by Crippen LogP contribution is -2.37. The molecule has 5 heteroatoms. The van der Waals surface area contributed by atoms with Gasteiger partial charge < -0.3 is 9.64 Å². The largest absolute Gasteiger partial charge is 0.467 e. The molecule has 0 N–H and O–H groups in total. The van der Waals surface area contributed by atoms with Gasteiger partial charge in [-0.25, -0.2) is 9.78 Å². The van der Waals surface area contributed by atoms with Crippen LogP contribution in [0.3, 0.4) is 0 Å². The molecule has 0 aliphatic carbocycles. The minimum absolute atomic E-state index is 0.200. The minimum Gasteiger partial charge on any atom is -0.467 e. The van der Waals surface area contributed by atoms with Crippen LogP contribution in [0.15, 0.2) is 18.3 Å². The molecule has 1 aromatic heterocycles. The van der Waals surface area contributed by atoms with Crippen molar-refractivity contribution in [1.82, 2.24) is 4.98 Å². The number of ether oxygens (including phenoxy) is 1. The smallest absolute Gasteiger partial charge is 0.328 e. The van der Waals surface area contributed by atoms with E-state index in [0.29, 0.717) is 5.02 Å². The Hall–Kier alpha value is -1.29. The third-order valence-electron chi connectivity index (χ3n) is 2.73. The molecular weight excluding hydrogens is 228 g/mol. The SMILES string of the molecule is COC(=O)C1CCCN1c1ccc(Cl)cn1. The molecule has 0 aromatic carbocycles. The second-order valence-electron chi connectivity index (χ2n) is 3.71. The van der Waals surface area contributed by atoms with Crippen LogP contribution in [0.25, 0.3) is 0 Å². The first-order chi connectivity index (χ1) is 7.72. The molecule has 1 saturated heterocycles. The van der Waals surface area contributed by atoms with Gasteiger partial charge >= 0.3 is 5.97 Å². The van der Waals surface area contributed by atoms with Gasteiger partial charge in [-0.15, -0.1) is 0 Å². The van der Waals surface area contributed by atoms with Crippen LogP contribution in [0.5, 0.6) is 0 Å². The quantitative estimate of drug-likeness (QED) is 0.741. The number of methoxy groups -OCH3 is 1. The molecule has 1 atom stereocenters. The van der Waals surface area contributed by atoms with E-state index < -0.39 is 0 Å². The number of hydrogen-bond acceptors (Lipinski definition) is 4. The Kier molecular flexibility index (Phi) is 3.29. The van der Waals surface area contributed by atoms with E-state index in [1.54, 1.807) is 12.3 Å². The molecular formula is C11H13ClN2O2. The molecule has 0 amide bonds. The fourth-order valence-corrected chi connectivity index (χ4v) is 2.07. The van der Waals surface area contributed by atoms with Crippen LogP contribution >= 0.6 is 11.6 Å². The molecule has 2 rings (SSSR count). The Morgan fingerprint density at radius 3 is 3.06 bits per heavy atom. The number of nitrogens with zero attached hydrogens (tertiary/aromatic N) is 2. The monoisotopic (exact) mass is 240 g/mol. The molecule has 1 aliphatic heterocycles. The molecule has 0 saturated carbocycles. The van der Waals surface area contributed by atoms with Crippen LogP contribution in [-0.4, -0.2) is 30.6 Å². The number of esters is 1. The number of carbonyl (C=O) groups excluding carboxylic acids is 1. The highest BCUT2D eigenvalue weighted by Crippen LogP contribution is 2.25. The van der Waals surface area contributed by atoms with Gasteiger partial charge in [0, 0.05) is 12.7 Å². The zero-order valence-electron chi connectivity index (χ0n) is 9.02. The lowest BCUT2D eigenvalue weighted by atomic mass is 10.2. The highest BCUT2D eigenvalue weighted by molar-refractivity contribution is 6.30. The summed E-state index contributed by atoms with van der Waals surface area (Å²) in [5.74, 6) is 0.576. The topological polar surface area (TPSA) is 42.4 Å². The number of rotatable bonds is 2. The summed E-state index contributed by atoms with van der Waals surface area (Å²) in [6.07, 6.45) is 3.38. The Bertz CT molecular complexity index is 380. The van der Waals surface area contributed by atoms with Gasteiger partial charge in [0.1, 0.15) is 11.9 Å². The highest BCUT2D eigenvalue weighted by Gasteiger charge is 2.32. The van der Waals surface area contributed by atoms with Gasteiger partial charge in [-0.3, -0.25) is 0 Å². The summed E-state index contributed by atoms with van der Waals surface area (Å²) in [5.41, 5.74) is 0. The predicted octanol–water partition coefficient (Wildman–Crippen LogP) is 1.88. The van der Waals surface area contributed by atoms with Crippen molar-refractivity contribution >= 4 is 23.4 Å². The van der Waals surface area contributed by atoms with E-state index in [2.05, 4.69) is 4.98 Å². The minimum atomic E-state index is -0.210. The Morgan fingerprint density at radius 2 is 2.44 bits per heavy atom. The summed E-state index contributed by atoms with van der Waals surface area (Å²) in [5, 5.41) is 0.595. The number of carbonyl (C=O) groups is 1. The standard InChI is InChI=1S/C11H13ClN2O2/c1-16-11(15)9-3-2-6-14(9)10-5-4-8(12)7-13-10/h4-5,7,9H,2-3,6H2,1H3. The number of halogens is 1. The zero-order valence-corrected chi connectivity index (χ0v) is 9.78. The van der Waals surface area contributed by atoms with Crippen molar-refractivity contribution in [1.29, 1.82) is 0 Å². The van der Waals surface area contributed by atoms with Crippen molar-refractivity contribution in [3.05, 3.63) is 23.4 Å². The van der Waals surface area contributed by atoms with Crippen LogP contribution in [0.2, 0.25) is 5.02 Å². The average Bonchev–Trinajstić information content (AvgIpc) is 2.78. The number of anilines is 1. The normalized spacial score (nSPS) is 19.9. The van der Waals surface area contributed by atoms with Crippen LogP contribution < -0.4 is 4.90 Å². The van der Waals surface area contributed by atoms with E-state index in [9.17, 15) is 4.79 Å². The van der Waals surface area contributed by atoms with Crippen LogP contribution in [0, 0.1) is 0 Å². The zero-order chi connectivity index (χ0) is 11.5. The van der Waals surface area contributed by atoms with E-state index in [4.69, 9.17) is 16.3 Å². The lowest BCUT2D eigenvalue weighted by Gasteiger charge is -2.23. The average molecular weight is 241 g/mol. The van der Waals surface area contributed by atoms with Crippen molar-refractivity contribution in [2.45, 2.75) is 18.9 Å². The van der Waals surface area contributed by atoms with E-state index in [1.807, 2.05) is 11.0 Å². The summed E-state index contributed by atoms with van der Waals surface area (Å²) in [6, 6.07) is 3.39. The molecule has 4 nitrogen and oxygen atoms in total. The van der Waals surface area contributed by atoms with E-state index in [-0.39, 0.29) is 12.0 Å². The first-order valence-electron chi connectivity index (χ1n) is 5.18. The maximum Gasteiger partial charge on any atom is 0.328 e.